The number of aromatic nitrogens is 4. The van der Waals surface area contributed by atoms with Crippen molar-refractivity contribution in [2.45, 2.75) is 27.7 Å². The smallest absolute Gasteiger partial charge is 0.137 e. The minimum absolute atomic E-state index is 0.874. The molecule has 4 rings (SSSR count). The highest BCUT2D eigenvalue weighted by atomic mass is 15.1. The van der Waals surface area contributed by atoms with Crippen molar-refractivity contribution >= 4 is 0 Å². The quantitative estimate of drug-likeness (QED) is 0.527. The van der Waals surface area contributed by atoms with Crippen LogP contribution in [-0.4, -0.2) is 19.1 Å². The van der Waals surface area contributed by atoms with Gasteiger partial charge in [-0.25, -0.2) is 9.97 Å². The first-order valence-electron chi connectivity index (χ1n) is 8.80. The van der Waals surface area contributed by atoms with Crippen LogP contribution in [0.3, 0.4) is 0 Å². The van der Waals surface area contributed by atoms with Gasteiger partial charge in [-0.2, -0.15) is 0 Å². The van der Waals surface area contributed by atoms with Crippen molar-refractivity contribution in [3.8, 4) is 23.0 Å². The summed E-state index contributed by atoms with van der Waals surface area (Å²) in [5.74, 6) is 1.84. The van der Waals surface area contributed by atoms with Crippen LogP contribution in [0, 0.1) is 27.7 Å². The first kappa shape index (κ1) is 16.3. The Bertz CT molecular complexity index is 958. The van der Waals surface area contributed by atoms with Gasteiger partial charge >= 0.3 is 0 Å². The van der Waals surface area contributed by atoms with Crippen LogP contribution in [0.2, 0.25) is 0 Å². The van der Waals surface area contributed by atoms with E-state index in [2.05, 4.69) is 61.1 Å². The summed E-state index contributed by atoms with van der Waals surface area (Å²) >= 11 is 0. The molecule has 0 aromatic carbocycles. The first-order chi connectivity index (χ1) is 12.5. The van der Waals surface area contributed by atoms with Crippen molar-refractivity contribution in [2.75, 3.05) is 0 Å². The van der Waals surface area contributed by atoms with Gasteiger partial charge in [-0.3, -0.25) is 0 Å². The molecule has 0 unspecified atom stereocenters. The zero-order valence-electron chi connectivity index (χ0n) is 15.6. The van der Waals surface area contributed by atoms with E-state index in [1.807, 2.05) is 36.4 Å². The Hall–Kier alpha value is -3.14. The summed E-state index contributed by atoms with van der Waals surface area (Å²) in [6, 6.07) is 20.6. The largest absolute Gasteiger partial charge is 0.303 e. The third-order valence-electron chi connectivity index (χ3n) is 4.73. The Balaban J connectivity index is 1.80. The van der Waals surface area contributed by atoms with Crippen molar-refractivity contribution in [3.63, 3.8) is 0 Å². The van der Waals surface area contributed by atoms with Crippen LogP contribution in [0.4, 0.5) is 0 Å². The molecular weight excluding hydrogens is 320 g/mol. The first-order valence-corrected chi connectivity index (χ1v) is 8.80. The number of hydrogen-bond acceptors (Lipinski definition) is 2. The van der Waals surface area contributed by atoms with E-state index >= 15 is 0 Å². The number of hydrogen-bond donors (Lipinski definition) is 0. The summed E-state index contributed by atoms with van der Waals surface area (Å²) < 4.78 is 4.32. The Labute approximate surface area is 153 Å². The molecule has 0 aliphatic carbocycles. The third kappa shape index (κ3) is 2.73. The van der Waals surface area contributed by atoms with Crippen LogP contribution in [0.1, 0.15) is 22.8 Å². The Morgan fingerprint density at radius 3 is 1.19 bits per heavy atom. The van der Waals surface area contributed by atoms with Gasteiger partial charge in [0.2, 0.25) is 0 Å². The zero-order valence-corrected chi connectivity index (χ0v) is 15.6. The highest BCUT2D eigenvalue weighted by molar-refractivity contribution is 5.57. The summed E-state index contributed by atoms with van der Waals surface area (Å²) in [5.41, 5.74) is 6.44. The molecule has 0 amide bonds. The van der Waals surface area contributed by atoms with E-state index in [9.17, 15) is 0 Å². The van der Waals surface area contributed by atoms with Gasteiger partial charge < -0.3 is 9.13 Å². The fraction of sp³-hybridized carbons (Fsp3) is 0.182. The molecule has 0 fully saturated rings. The van der Waals surface area contributed by atoms with Crippen LogP contribution in [0.5, 0.6) is 0 Å². The molecule has 0 spiro atoms. The fourth-order valence-corrected chi connectivity index (χ4v) is 3.44. The summed E-state index contributed by atoms with van der Waals surface area (Å²) in [7, 11) is 0. The average Bonchev–Trinajstić information content (AvgIpc) is 3.16. The van der Waals surface area contributed by atoms with Crippen LogP contribution in [0.25, 0.3) is 23.0 Å². The predicted molar refractivity (Wildman–Crippen MR) is 105 cm³/mol. The molecule has 0 aliphatic rings. The lowest BCUT2D eigenvalue weighted by atomic mass is 10.2. The van der Waals surface area contributed by atoms with Crippen molar-refractivity contribution in [1.82, 2.24) is 19.1 Å². The second-order valence-electron chi connectivity index (χ2n) is 6.67. The highest BCUT2D eigenvalue weighted by Crippen LogP contribution is 2.22. The maximum Gasteiger partial charge on any atom is 0.137 e. The third-order valence-corrected chi connectivity index (χ3v) is 4.73. The van der Waals surface area contributed by atoms with Gasteiger partial charge in [-0.05, 0) is 76.2 Å². The second-order valence-corrected chi connectivity index (χ2v) is 6.67. The molecule has 4 nitrogen and oxygen atoms in total. The van der Waals surface area contributed by atoms with E-state index in [4.69, 9.17) is 9.97 Å². The van der Waals surface area contributed by atoms with E-state index < -0.39 is 0 Å². The summed E-state index contributed by atoms with van der Waals surface area (Å²) in [4.78, 5) is 9.73. The predicted octanol–water partition coefficient (Wildman–Crippen LogP) is 4.96. The normalized spacial score (nSPS) is 11.1. The number of pyridine rings is 2. The monoisotopic (exact) mass is 342 g/mol. The lowest BCUT2D eigenvalue weighted by Crippen LogP contribution is -2.04. The fourth-order valence-electron chi connectivity index (χ4n) is 3.44. The van der Waals surface area contributed by atoms with E-state index in [-0.39, 0.29) is 0 Å². The van der Waals surface area contributed by atoms with Gasteiger partial charge in [0.05, 0.1) is 11.4 Å². The molecule has 0 aliphatic heterocycles. The van der Waals surface area contributed by atoms with Crippen LogP contribution >= 0.6 is 0 Å². The molecule has 0 N–H and O–H groups in total. The molecule has 4 aromatic rings. The lowest BCUT2D eigenvalue weighted by molar-refractivity contribution is 0.913. The molecule has 0 radical (unpaired) electrons. The van der Waals surface area contributed by atoms with Crippen LogP contribution < -0.4 is 0 Å². The molecule has 4 heteroatoms. The lowest BCUT2D eigenvalue weighted by Gasteiger charge is -2.12. The maximum absolute atomic E-state index is 4.87. The molecule has 26 heavy (non-hydrogen) atoms. The standard InChI is InChI=1S/C22H22N4/c1-15-11-12-16(2)25(15)21-9-5-7-19(23-21)20-8-6-10-22(24-20)26-17(3)13-14-18(26)4/h5-14H,1-4H3. The van der Waals surface area contributed by atoms with E-state index in [0.717, 1.165) is 23.0 Å². The van der Waals surface area contributed by atoms with Gasteiger partial charge in [-0.15, -0.1) is 0 Å². The molecule has 4 heterocycles. The highest BCUT2D eigenvalue weighted by Gasteiger charge is 2.10. The zero-order chi connectivity index (χ0) is 18.3. The Kier molecular flexibility index (Phi) is 3.96. The van der Waals surface area contributed by atoms with Gasteiger partial charge in [0.1, 0.15) is 11.6 Å². The van der Waals surface area contributed by atoms with Crippen LogP contribution in [-0.2, 0) is 0 Å². The Morgan fingerprint density at radius 1 is 0.500 bits per heavy atom. The molecule has 4 aromatic heterocycles. The van der Waals surface area contributed by atoms with E-state index in [1.54, 1.807) is 0 Å². The van der Waals surface area contributed by atoms with E-state index in [0.29, 0.717) is 0 Å². The molecular formula is C22H22N4. The van der Waals surface area contributed by atoms with Gasteiger partial charge in [0, 0.05) is 22.8 Å². The van der Waals surface area contributed by atoms with Crippen molar-refractivity contribution in [1.29, 1.82) is 0 Å². The topological polar surface area (TPSA) is 35.6 Å². The average molecular weight is 342 g/mol. The maximum atomic E-state index is 4.87. The molecule has 0 saturated heterocycles. The number of aryl methyl sites for hydroxylation is 4. The van der Waals surface area contributed by atoms with Crippen LogP contribution in [0.15, 0.2) is 60.7 Å². The van der Waals surface area contributed by atoms with Crippen molar-refractivity contribution in [3.05, 3.63) is 83.4 Å². The summed E-state index contributed by atoms with van der Waals surface area (Å²) in [6.45, 7) is 8.38. The summed E-state index contributed by atoms with van der Waals surface area (Å²) in [6.07, 6.45) is 0. The van der Waals surface area contributed by atoms with Gasteiger partial charge in [0.25, 0.3) is 0 Å². The van der Waals surface area contributed by atoms with Gasteiger partial charge in [-0.1, -0.05) is 12.1 Å². The molecule has 0 bridgehead atoms. The molecule has 130 valence electrons. The van der Waals surface area contributed by atoms with Crippen molar-refractivity contribution < 1.29 is 0 Å². The number of nitrogens with zero attached hydrogens (tertiary/aromatic N) is 4. The second kappa shape index (κ2) is 6.30. The Morgan fingerprint density at radius 2 is 0.846 bits per heavy atom. The number of rotatable bonds is 3. The van der Waals surface area contributed by atoms with Gasteiger partial charge in [0.15, 0.2) is 0 Å². The minimum Gasteiger partial charge on any atom is -0.303 e. The molecule has 0 atom stereocenters. The SMILES string of the molecule is Cc1ccc(C)n1-c1cccc(-c2cccc(-n3c(C)ccc3C)n2)n1. The molecule has 0 saturated carbocycles. The summed E-state index contributed by atoms with van der Waals surface area (Å²) in [5, 5.41) is 0. The minimum atomic E-state index is 0.874. The van der Waals surface area contributed by atoms with E-state index in [1.165, 1.54) is 22.8 Å². The van der Waals surface area contributed by atoms with Crippen molar-refractivity contribution in [2.24, 2.45) is 0 Å².